The molecule has 0 aliphatic rings. The fourth-order valence-electron chi connectivity index (χ4n) is 1.85. The van der Waals surface area contributed by atoms with Gasteiger partial charge in [0.05, 0.1) is 11.1 Å². The van der Waals surface area contributed by atoms with Crippen LogP contribution in [0.15, 0.2) is 18.2 Å². The van der Waals surface area contributed by atoms with Gasteiger partial charge in [0.25, 0.3) is 0 Å². The summed E-state index contributed by atoms with van der Waals surface area (Å²) < 4.78 is 13.5. The van der Waals surface area contributed by atoms with Crippen LogP contribution in [-0.4, -0.2) is 16.1 Å². The zero-order chi connectivity index (χ0) is 13.4. The van der Waals surface area contributed by atoms with Gasteiger partial charge in [0.2, 0.25) is 0 Å². The number of nitrogen functional groups attached to an aromatic ring is 1. The lowest BCUT2D eigenvalue weighted by Gasteiger charge is -2.10. The first-order valence-corrected chi connectivity index (χ1v) is 5.53. The summed E-state index contributed by atoms with van der Waals surface area (Å²) in [6, 6.07) is 4.14. The Balaban J connectivity index is 2.75. The number of carboxylic acids is 1. The average Bonchev–Trinajstić information content (AvgIpc) is 2.26. The normalized spacial score (nSPS) is 11.1. The fraction of sp³-hybridized carbons (Fsp3) is 0.231. The van der Waals surface area contributed by atoms with Gasteiger partial charge in [0, 0.05) is 11.5 Å². The maximum absolute atomic E-state index is 13.5. The number of nitrogens with two attached hydrogens (primary N) is 1. The summed E-state index contributed by atoms with van der Waals surface area (Å²) in [6.45, 7) is 3.92. The van der Waals surface area contributed by atoms with Crippen molar-refractivity contribution in [1.82, 2.24) is 4.98 Å². The van der Waals surface area contributed by atoms with E-state index in [4.69, 9.17) is 10.8 Å². The quantitative estimate of drug-likeness (QED) is 0.856. The smallest absolute Gasteiger partial charge is 0.338 e. The van der Waals surface area contributed by atoms with Crippen molar-refractivity contribution in [3.05, 3.63) is 35.1 Å². The van der Waals surface area contributed by atoms with Crippen LogP contribution in [0.2, 0.25) is 0 Å². The van der Waals surface area contributed by atoms with Gasteiger partial charge in [0.15, 0.2) is 0 Å². The third-order valence-corrected chi connectivity index (χ3v) is 2.82. The van der Waals surface area contributed by atoms with Crippen molar-refractivity contribution in [1.29, 1.82) is 0 Å². The first-order chi connectivity index (χ1) is 8.40. The molecule has 0 radical (unpaired) electrons. The molecule has 18 heavy (non-hydrogen) atoms. The molecular weight excluding hydrogens is 235 g/mol. The molecule has 0 aliphatic heterocycles. The van der Waals surface area contributed by atoms with Crippen molar-refractivity contribution in [2.45, 2.75) is 19.8 Å². The van der Waals surface area contributed by atoms with Gasteiger partial charge in [-0.2, -0.15) is 0 Å². The van der Waals surface area contributed by atoms with Crippen LogP contribution in [0.1, 0.15) is 35.7 Å². The number of pyridine rings is 1. The predicted molar refractivity (Wildman–Crippen MR) is 67.2 cm³/mol. The molecule has 0 spiro atoms. The molecule has 3 N–H and O–H groups in total. The van der Waals surface area contributed by atoms with Gasteiger partial charge in [-0.05, 0) is 23.6 Å². The summed E-state index contributed by atoms with van der Waals surface area (Å²) in [4.78, 5) is 15.0. The molecular formula is C13H13FN2O2. The number of aromatic carboxylic acids is 1. The molecule has 0 bridgehead atoms. The molecule has 0 saturated heterocycles. The number of aromatic nitrogens is 1. The number of rotatable bonds is 2. The largest absolute Gasteiger partial charge is 0.478 e. The van der Waals surface area contributed by atoms with E-state index in [2.05, 4.69) is 4.98 Å². The topological polar surface area (TPSA) is 76.2 Å². The van der Waals surface area contributed by atoms with Gasteiger partial charge < -0.3 is 10.8 Å². The lowest BCUT2D eigenvalue weighted by atomic mass is 10.0. The fourth-order valence-corrected chi connectivity index (χ4v) is 1.85. The summed E-state index contributed by atoms with van der Waals surface area (Å²) in [7, 11) is 0. The first-order valence-electron chi connectivity index (χ1n) is 5.53. The van der Waals surface area contributed by atoms with E-state index in [1.165, 1.54) is 6.07 Å². The molecule has 94 valence electrons. The maximum atomic E-state index is 13.5. The van der Waals surface area contributed by atoms with Crippen LogP contribution >= 0.6 is 0 Å². The van der Waals surface area contributed by atoms with Gasteiger partial charge in [-0.15, -0.1) is 0 Å². The lowest BCUT2D eigenvalue weighted by Crippen LogP contribution is -2.03. The Kier molecular flexibility index (Phi) is 2.90. The summed E-state index contributed by atoms with van der Waals surface area (Å²) in [5, 5.41) is 9.45. The zero-order valence-electron chi connectivity index (χ0n) is 10.1. The number of hydrogen-bond donors (Lipinski definition) is 2. The van der Waals surface area contributed by atoms with Crippen molar-refractivity contribution in [3.8, 4) is 0 Å². The zero-order valence-corrected chi connectivity index (χ0v) is 10.1. The first kappa shape index (κ1) is 12.3. The highest BCUT2D eigenvalue weighted by atomic mass is 19.1. The van der Waals surface area contributed by atoms with E-state index in [-0.39, 0.29) is 11.5 Å². The number of nitrogens with zero attached hydrogens (tertiary/aromatic N) is 1. The monoisotopic (exact) mass is 248 g/mol. The summed E-state index contributed by atoms with van der Waals surface area (Å²) in [6.07, 6.45) is 0. The minimum atomic E-state index is -1.29. The highest BCUT2D eigenvalue weighted by Crippen LogP contribution is 2.26. The molecule has 2 aromatic rings. The van der Waals surface area contributed by atoms with Crippen LogP contribution in [0.5, 0.6) is 0 Å². The second kappa shape index (κ2) is 4.25. The SMILES string of the molecule is CC(C)c1cc2cc(C(=O)O)c(F)cc2nc1N. The van der Waals surface area contributed by atoms with Crippen LogP contribution in [0.4, 0.5) is 10.2 Å². The van der Waals surface area contributed by atoms with E-state index < -0.39 is 11.8 Å². The molecule has 5 heteroatoms. The van der Waals surface area contributed by atoms with Crippen molar-refractivity contribution in [2.75, 3.05) is 5.73 Å². The molecule has 0 unspecified atom stereocenters. The minimum absolute atomic E-state index is 0.167. The van der Waals surface area contributed by atoms with Crippen molar-refractivity contribution in [3.63, 3.8) is 0 Å². The van der Waals surface area contributed by atoms with Gasteiger partial charge in [-0.25, -0.2) is 14.2 Å². The van der Waals surface area contributed by atoms with Crippen LogP contribution < -0.4 is 5.73 Å². The maximum Gasteiger partial charge on any atom is 0.338 e. The molecule has 4 nitrogen and oxygen atoms in total. The van der Waals surface area contributed by atoms with E-state index in [0.29, 0.717) is 16.7 Å². The van der Waals surface area contributed by atoms with Crippen LogP contribution in [0, 0.1) is 5.82 Å². The molecule has 2 rings (SSSR count). The van der Waals surface area contributed by atoms with Gasteiger partial charge >= 0.3 is 5.97 Å². The second-order valence-electron chi connectivity index (χ2n) is 4.45. The number of carbonyl (C=O) groups is 1. The van der Waals surface area contributed by atoms with Crippen LogP contribution in [0.3, 0.4) is 0 Å². The molecule has 1 aromatic carbocycles. The highest BCUT2D eigenvalue weighted by molar-refractivity contribution is 5.94. The number of benzene rings is 1. The highest BCUT2D eigenvalue weighted by Gasteiger charge is 2.14. The minimum Gasteiger partial charge on any atom is -0.478 e. The van der Waals surface area contributed by atoms with Gasteiger partial charge in [-0.1, -0.05) is 13.8 Å². The Morgan fingerprint density at radius 2 is 2.06 bits per heavy atom. The Morgan fingerprint density at radius 1 is 1.39 bits per heavy atom. The third kappa shape index (κ3) is 1.99. The van der Waals surface area contributed by atoms with E-state index in [1.54, 1.807) is 6.07 Å². The predicted octanol–water partition coefficient (Wildman–Crippen LogP) is 2.78. The Morgan fingerprint density at radius 3 is 2.61 bits per heavy atom. The number of fused-ring (bicyclic) bond motifs is 1. The number of carboxylic acid groups (broad SMARTS) is 1. The van der Waals surface area contributed by atoms with Gasteiger partial charge in [-0.3, -0.25) is 0 Å². The summed E-state index contributed by atoms with van der Waals surface area (Å²) in [5.41, 5.74) is 6.61. The standard InChI is InChI=1S/C13H13FN2O2/c1-6(2)8-3-7-4-9(13(17)18)10(14)5-11(7)16-12(8)15/h3-6H,1-2H3,(H2,15,16)(H,17,18). The average molecular weight is 248 g/mol. The van der Waals surface area contributed by atoms with E-state index in [0.717, 1.165) is 11.6 Å². The Bertz CT molecular complexity index is 638. The Hall–Kier alpha value is -2.17. The van der Waals surface area contributed by atoms with E-state index in [9.17, 15) is 9.18 Å². The summed E-state index contributed by atoms with van der Waals surface area (Å²) in [5.74, 6) is -1.59. The van der Waals surface area contributed by atoms with Crippen molar-refractivity contribution in [2.24, 2.45) is 0 Å². The summed E-state index contributed by atoms with van der Waals surface area (Å²) >= 11 is 0. The lowest BCUT2D eigenvalue weighted by molar-refractivity contribution is 0.0692. The molecule has 0 atom stereocenters. The molecule has 1 aromatic heterocycles. The molecule has 0 amide bonds. The van der Waals surface area contributed by atoms with E-state index in [1.807, 2.05) is 13.8 Å². The molecule has 0 saturated carbocycles. The number of anilines is 1. The molecule has 1 heterocycles. The number of hydrogen-bond acceptors (Lipinski definition) is 3. The van der Waals surface area contributed by atoms with Crippen LogP contribution in [-0.2, 0) is 0 Å². The van der Waals surface area contributed by atoms with Gasteiger partial charge in [0.1, 0.15) is 11.6 Å². The Labute approximate surface area is 103 Å². The third-order valence-electron chi connectivity index (χ3n) is 2.82. The van der Waals surface area contributed by atoms with Crippen molar-refractivity contribution < 1.29 is 14.3 Å². The molecule has 0 fully saturated rings. The molecule has 0 aliphatic carbocycles. The van der Waals surface area contributed by atoms with Crippen LogP contribution in [0.25, 0.3) is 10.9 Å². The van der Waals surface area contributed by atoms with E-state index >= 15 is 0 Å². The second-order valence-corrected chi connectivity index (χ2v) is 4.45. The van der Waals surface area contributed by atoms with Crippen molar-refractivity contribution >= 4 is 22.7 Å². The number of halogens is 1.